The van der Waals surface area contributed by atoms with Gasteiger partial charge in [-0.25, -0.2) is 14.1 Å². The molecule has 5 fully saturated rings. The van der Waals surface area contributed by atoms with Crippen molar-refractivity contribution in [1.82, 2.24) is 10.2 Å². The van der Waals surface area contributed by atoms with Crippen LogP contribution >= 0.6 is 0 Å². The molecule has 7 nitrogen and oxygen atoms in total. The van der Waals surface area contributed by atoms with Gasteiger partial charge in [0.2, 0.25) is 0 Å². The molecule has 6 rings (SSSR count). The molecule has 1 saturated carbocycles. The van der Waals surface area contributed by atoms with E-state index in [1.165, 1.54) is 5.56 Å². The maximum Gasteiger partial charge on any atom is 0.317 e. The highest BCUT2D eigenvalue weighted by Crippen LogP contribution is 2.60. The van der Waals surface area contributed by atoms with Crippen molar-refractivity contribution >= 4 is 11.9 Å². The first-order valence-corrected chi connectivity index (χ1v) is 13.3. The number of amides is 3. The Labute approximate surface area is 202 Å². The van der Waals surface area contributed by atoms with Crippen molar-refractivity contribution in [3.05, 3.63) is 35.9 Å². The van der Waals surface area contributed by atoms with Crippen molar-refractivity contribution in [1.29, 1.82) is 0 Å². The number of piperidine rings is 2. The van der Waals surface area contributed by atoms with Gasteiger partial charge in [0, 0.05) is 19.5 Å². The number of likely N-dealkylation sites (tertiary alicyclic amines) is 1. The Kier molecular flexibility index (Phi) is 5.70. The third-order valence-electron chi connectivity index (χ3n) is 9.43. The second-order valence-corrected chi connectivity index (χ2v) is 11.0. The molecule has 2 spiro atoms. The number of benzene rings is 1. The first kappa shape index (κ1) is 22.5. The van der Waals surface area contributed by atoms with Crippen LogP contribution in [0.1, 0.15) is 63.4 Å². The Bertz CT molecular complexity index is 933. The SMILES string of the molecule is CCNC(=O)N1CCC[C@]23COCCC(=O)[N+]24CC4[C@H](OC2CCC(c4ccccc4)CC2)[C@H]13. The van der Waals surface area contributed by atoms with E-state index >= 15 is 0 Å². The Morgan fingerprint density at radius 1 is 1.24 bits per heavy atom. The van der Waals surface area contributed by atoms with Gasteiger partial charge in [0.25, 0.3) is 0 Å². The molecule has 0 aromatic heterocycles. The van der Waals surface area contributed by atoms with E-state index in [0.717, 1.165) is 51.6 Å². The monoisotopic (exact) mass is 468 g/mol. The molecule has 1 aliphatic carbocycles. The number of hydrogen-bond acceptors (Lipinski definition) is 4. The normalized spacial score (nSPS) is 41.1. The number of quaternary nitrogens is 1. The Balaban J connectivity index is 1.25. The topological polar surface area (TPSA) is 67.9 Å². The Morgan fingerprint density at radius 3 is 2.79 bits per heavy atom. The lowest BCUT2D eigenvalue weighted by molar-refractivity contribution is -0.788. The van der Waals surface area contributed by atoms with E-state index in [1.54, 1.807) is 0 Å². The van der Waals surface area contributed by atoms with Crippen LogP contribution in [0.15, 0.2) is 30.3 Å². The average Bonchev–Trinajstić information content (AvgIpc) is 3.61. The highest BCUT2D eigenvalue weighted by Gasteiger charge is 2.86. The maximum atomic E-state index is 13.5. The molecule has 0 bridgehead atoms. The van der Waals surface area contributed by atoms with Crippen molar-refractivity contribution in [3.8, 4) is 0 Å². The molecule has 4 aliphatic heterocycles. The standard InChI is InChI=1S/C27H37N3O4/c1-2-28-26(32)29-15-6-14-27-18-33-16-13-23(31)30(27)17-22(30)24(25(27)29)34-21-11-9-20(10-12-21)19-7-4-3-5-8-19/h3-5,7-8,20-22,24-25H,2,6,9-18H2,1H3/p+1/t20?,21?,22?,24-,25-,27+,30?/m0/s1. The van der Waals surface area contributed by atoms with Crippen molar-refractivity contribution in [2.45, 2.75) is 87.6 Å². The first-order valence-electron chi connectivity index (χ1n) is 13.3. The second kappa shape index (κ2) is 8.61. The zero-order valence-electron chi connectivity index (χ0n) is 20.3. The zero-order chi connectivity index (χ0) is 23.3. The maximum absolute atomic E-state index is 13.5. The van der Waals surface area contributed by atoms with Gasteiger partial charge in [0.1, 0.15) is 25.3 Å². The lowest BCUT2D eigenvalue weighted by Gasteiger charge is -2.48. The van der Waals surface area contributed by atoms with Crippen LogP contribution in [0.2, 0.25) is 0 Å². The molecule has 0 radical (unpaired) electrons. The van der Waals surface area contributed by atoms with Crippen molar-refractivity contribution in [2.24, 2.45) is 0 Å². The second-order valence-electron chi connectivity index (χ2n) is 11.0. The molecule has 4 heterocycles. The molecule has 184 valence electrons. The third-order valence-corrected chi connectivity index (χ3v) is 9.43. The van der Waals surface area contributed by atoms with E-state index in [4.69, 9.17) is 9.47 Å². The molecule has 1 aromatic rings. The molecular formula is C27H38N3O4+. The lowest BCUT2D eigenvalue weighted by Crippen LogP contribution is -2.70. The molecule has 5 aliphatic rings. The largest absolute Gasteiger partial charge is 0.374 e. The number of nitrogens with zero attached hydrogens (tertiary/aromatic N) is 2. The van der Waals surface area contributed by atoms with Crippen LogP contribution in [0, 0.1) is 0 Å². The smallest absolute Gasteiger partial charge is 0.317 e. The summed E-state index contributed by atoms with van der Waals surface area (Å²) < 4.78 is 13.5. The summed E-state index contributed by atoms with van der Waals surface area (Å²) in [6.45, 7) is 5.18. The van der Waals surface area contributed by atoms with E-state index in [0.29, 0.717) is 42.5 Å². The summed E-state index contributed by atoms with van der Waals surface area (Å²) in [6, 6.07) is 10.9. The van der Waals surface area contributed by atoms with Crippen LogP contribution < -0.4 is 5.32 Å². The summed E-state index contributed by atoms with van der Waals surface area (Å²) in [5.74, 6) is 0.894. The van der Waals surface area contributed by atoms with Crippen LogP contribution in [0.4, 0.5) is 4.79 Å². The molecule has 4 saturated heterocycles. The highest BCUT2D eigenvalue weighted by atomic mass is 16.5. The number of carbonyl (C=O) groups excluding carboxylic acids is 2. The predicted octanol–water partition coefficient (Wildman–Crippen LogP) is 3.19. The van der Waals surface area contributed by atoms with Gasteiger partial charge in [-0.15, -0.1) is 0 Å². The zero-order valence-corrected chi connectivity index (χ0v) is 20.3. The molecule has 7 heteroatoms. The van der Waals surface area contributed by atoms with Gasteiger partial charge < -0.3 is 19.7 Å². The fourth-order valence-corrected chi connectivity index (χ4v) is 7.92. The number of urea groups is 1. The van der Waals surface area contributed by atoms with Crippen molar-refractivity contribution < 1.29 is 23.5 Å². The van der Waals surface area contributed by atoms with E-state index < -0.39 is 0 Å². The summed E-state index contributed by atoms with van der Waals surface area (Å²) in [5.41, 5.74) is 1.08. The van der Waals surface area contributed by atoms with Gasteiger partial charge in [-0.3, -0.25) is 0 Å². The van der Waals surface area contributed by atoms with Gasteiger partial charge in [-0.2, -0.15) is 0 Å². The summed E-state index contributed by atoms with van der Waals surface area (Å²) in [7, 11) is 0. The minimum Gasteiger partial charge on any atom is -0.374 e. The van der Waals surface area contributed by atoms with Crippen LogP contribution in [-0.4, -0.2) is 84.0 Å². The fraction of sp³-hybridized carbons (Fsp3) is 0.704. The molecule has 2 unspecified atom stereocenters. The van der Waals surface area contributed by atoms with E-state index in [2.05, 4.69) is 35.6 Å². The van der Waals surface area contributed by atoms with Gasteiger partial charge in [-0.1, -0.05) is 30.3 Å². The molecule has 34 heavy (non-hydrogen) atoms. The summed E-state index contributed by atoms with van der Waals surface area (Å²) in [5, 5.41) is 3.02. The van der Waals surface area contributed by atoms with Crippen molar-refractivity contribution in [2.75, 3.05) is 32.8 Å². The molecule has 1 aromatic carbocycles. The summed E-state index contributed by atoms with van der Waals surface area (Å²) in [6.07, 6.45) is 6.74. The summed E-state index contributed by atoms with van der Waals surface area (Å²) >= 11 is 0. The third kappa shape index (κ3) is 3.27. The molecule has 1 N–H and O–H groups in total. The minimum atomic E-state index is -0.354. The highest BCUT2D eigenvalue weighted by molar-refractivity contribution is 5.76. The predicted molar refractivity (Wildman–Crippen MR) is 127 cm³/mol. The molecule has 3 amide bonds. The van der Waals surface area contributed by atoms with E-state index in [1.807, 2.05) is 11.8 Å². The number of carbonyl (C=O) groups is 2. The number of hydrogen-bond donors (Lipinski definition) is 1. The van der Waals surface area contributed by atoms with Crippen LogP contribution in [-0.2, 0) is 14.3 Å². The average molecular weight is 469 g/mol. The Morgan fingerprint density at radius 2 is 2.03 bits per heavy atom. The van der Waals surface area contributed by atoms with E-state index in [-0.39, 0.29) is 35.9 Å². The minimum absolute atomic E-state index is 0.0229. The summed E-state index contributed by atoms with van der Waals surface area (Å²) in [4.78, 5) is 28.6. The fourth-order valence-electron chi connectivity index (χ4n) is 7.92. The van der Waals surface area contributed by atoms with Crippen LogP contribution in [0.3, 0.4) is 0 Å². The van der Waals surface area contributed by atoms with Crippen molar-refractivity contribution in [3.63, 3.8) is 0 Å². The Hall–Kier alpha value is -1.96. The molecular weight excluding hydrogens is 430 g/mol. The number of ether oxygens (including phenoxy) is 2. The van der Waals surface area contributed by atoms with Gasteiger partial charge >= 0.3 is 11.9 Å². The van der Waals surface area contributed by atoms with Crippen LogP contribution in [0.5, 0.6) is 0 Å². The quantitative estimate of drug-likeness (QED) is 0.544. The molecule has 5 atom stereocenters. The van der Waals surface area contributed by atoms with E-state index in [9.17, 15) is 9.59 Å². The number of nitrogens with one attached hydrogen (secondary N) is 1. The van der Waals surface area contributed by atoms with Gasteiger partial charge in [0.15, 0.2) is 11.6 Å². The number of rotatable bonds is 4. The van der Waals surface area contributed by atoms with Crippen LogP contribution in [0.25, 0.3) is 0 Å². The van der Waals surface area contributed by atoms with Gasteiger partial charge in [0.05, 0.1) is 19.1 Å². The lowest BCUT2D eigenvalue weighted by atomic mass is 9.78. The van der Waals surface area contributed by atoms with Gasteiger partial charge in [-0.05, 0) is 50.5 Å². The first-order chi connectivity index (χ1) is 16.6.